The van der Waals surface area contributed by atoms with Crippen LogP contribution in [-0.4, -0.2) is 23.0 Å². The molecule has 1 N–H and O–H groups in total. The fourth-order valence-corrected chi connectivity index (χ4v) is 2.73. The molecule has 0 amide bonds. The van der Waals surface area contributed by atoms with Crippen molar-refractivity contribution in [2.75, 3.05) is 7.11 Å². The molecule has 0 saturated carbocycles. The number of rotatable bonds is 6. The zero-order valence-corrected chi connectivity index (χ0v) is 14.5. The van der Waals surface area contributed by atoms with Gasteiger partial charge in [0.15, 0.2) is 0 Å². The number of ether oxygens (including phenoxy) is 1. The van der Waals surface area contributed by atoms with E-state index >= 15 is 0 Å². The van der Waals surface area contributed by atoms with Gasteiger partial charge in [-0.3, -0.25) is 4.99 Å². The monoisotopic (exact) mass is 334 g/mol. The van der Waals surface area contributed by atoms with Crippen LogP contribution in [0.5, 0.6) is 5.75 Å². The maximum absolute atomic E-state index is 10.9. The van der Waals surface area contributed by atoms with Crippen molar-refractivity contribution in [2.24, 2.45) is 4.99 Å². The maximum Gasteiger partial charge on any atom is 0.142 e. The third kappa shape index (κ3) is 4.17. The second-order valence-corrected chi connectivity index (χ2v) is 6.11. The van der Waals surface area contributed by atoms with Crippen molar-refractivity contribution in [1.82, 2.24) is 4.57 Å². The highest BCUT2D eigenvalue weighted by molar-refractivity contribution is 5.79. The molecule has 0 spiro atoms. The lowest BCUT2D eigenvalue weighted by Crippen LogP contribution is -2.29. The minimum Gasteiger partial charge on any atom is -0.497 e. The van der Waals surface area contributed by atoms with E-state index in [0.29, 0.717) is 6.42 Å². The fraction of sp³-hybridized carbons (Fsp3) is 0.190. The van der Waals surface area contributed by atoms with E-state index in [2.05, 4.69) is 4.99 Å². The van der Waals surface area contributed by atoms with E-state index in [0.717, 1.165) is 22.7 Å². The molecule has 2 heterocycles. The van der Waals surface area contributed by atoms with Crippen LogP contribution in [0.1, 0.15) is 24.6 Å². The van der Waals surface area contributed by atoms with E-state index in [-0.39, 0.29) is 0 Å². The standard InChI is InChI=1S/C21H22N2O2/c1-21(24,13-3-6-17-9-11-20(25-2)12-10-17)23-15-5-8-19(23)16-18-7-4-14-22-18/h3-12,14-16,24H,13H2,1-2H3/b6-3+,18-16+. The van der Waals surface area contributed by atoms with E-state index in [1.807, 2.05) is 77.5 Å². The third-order valence-corrected chi connectivity index (χ3v) is 4.10. The summed E-state index contributed by atoms with van der Waals surface area (Å²) in [6.07, 6.45) is 13.9. The van der Waals surface area contributed by atoms with Gasteiger partial charge in [0.1, 0.15) is 11.5 Å². The molecule has 4 heteroatoms. The third-order valence-electron chi connectivity index (χ3n) is 4.10. The first-order valence-corrected chi connectivity index (χ1v) is 8.22. The van der Waals surface area contributed by atoms with Crippen molar-refractivity contribution in [3.05, 3.63) is 77.8 Å². The van der Waals surface area contributed by atoms with Gasteiger partial charge < -0.3 is 14.4 Å². The summed E-state index contributed by atoms with van der Waals surface area (Å²) in [5.74, 6) is 0.831. The molecule has 3 rings (SSSR count). The molecule has 128 valence electrons. The largest absolute Gasteiger partial charge is 0.497 e. The van der Waals surface area contributed by atoms with Gasteiger partial charge in [0, 0.05) is 24.5 Å². The lowest BCUT2D eigenvalue weighted by molar-refractivity contribution is -0.0152. The summed E-state index contributed by atoms with van der Waals surface area (Å²) >= 11 is 0. The van der Waals surface area contributed by atoms with E-state index < -0.39 is 5.72 Å². The molecule has 0 fully saturated rings. The average Bonchev–Trinajstić information content (AvgIpc) is 3.28. The molecule has 1 atom stereocenters. The Morgan fingerprint density at radius 1 is 1.24 bits per heavy atom. The molecule has 0 radical (unpaired) electrons. The first-order chi connectivity index (χ1) is 12.1. The summed E-state index contributed by atoms with van der Waals surface area (Å²) < 4.78 is 7.02. The summed E-state index contributed by atoms with van der Waals surface area (Å²) in [5.41, 5.74) is 1.84. The van der Waals surface area contributed by atoms with Crippen molar-refractivity contribution >= 4 is 18.4 Å². The number of nitrogens with zero attached hydrogens (tertiary/aromatic N) is 2. The van der Waals surface area contributed by atoms with E-state index in [4.69, 9.17) is 4.74 Å². The van der Waals surface area contributed by atoms with Crippen molar-refractivity contribution in [3.8, 4) is 5.75 Å². The Labute approximate surface area is 148 Å². The van der Waals surface area contributed by atoms with Crippen molar-refractivity contribution < 1.29 is 9.84 Å². The lowest BCUT2D eigenvalue weighted by atomic mass is 10.1. The van der Waals surface area contributed by atoms with Gasteiger partial charge in [0.2, 0.25) is 0 Å². The predicted octanol–water partition coefficient (Wildman–Crippen LogP) is 4.25. The molecule has 4 nitrogen and oxygen atoms in total. The highest BCUT2D eigenvalue weighted by Crippen LogP contribution is 2.24. The van der Waals surface area contributed by atoms with Crippen LogP contribution in [0.3, 0.4) is 0 Å². The Morgan fingerprint density at radius 2 is 2.04 bits per heavy atom. The van der Waals surface area contributed by atoms with Gasteiger partial charge in [-0.15, -0.1) is 0 Å². The highest BCUT2D eigenvalue weighted by Gasteiger charge is 2.22. The Morgan fingerprint density at radius 3 is 2.72 bits per heavy atom. The first-order valence-electron chi connectivity index (χ1n) is 8.22. The van der Waals surface area contributed by atoms with Gasteiger partial charge >= 0.3 is 0 Å². The summed E-state index contributed by atoms with van der Waals surface area (Å²) in [7, 11) is 1.65. The van der Waals surface area contributed by atoms with Gasteiger partial charge in [0.25, 0.3) is 0 Å². The van der Waals surface area contributed by atoms with Gasteiger partial charge in [0.05, 0.1) is 12.8 Å². The normalized spacial score (nSPS) is 17.5. The molecule has 0 bridgehead atoms. The number of allylic oxidation sites excluding steroid dienone is 2. The van der Waals surface area contributed by atoms with Gasteiger partial charge in [-0.1, -0.05) is 24.3 Å². The summed E-state index contributed by atoms with van der Waals surface area (Å²) in [6, 6.07) is 11.7. The summed E-state index contributed by atoms with van der Waals surface area (Å²) in [6.45, 7) is 1.81. The van der Waals surface area contributed by atoms with E-state index in [9.17, 15) is 5.11 Å². The van der Waals surface area contributed by atoms with Crippen LogP contribution >= 0.6 is 0 Å². The first kappa shape index (κ1) is 17.0. The van der Waals surface area contributed by atoms with E-state index in [1.54, 1.807) is 20.2 Å². The predicted molar refractivity (Wildman–Crippen MR) is 103 cm³/mol. The maximum atomic E-state index is 10.9. The summed E-state index contributed by atoms with van der Waals surface area (Å²) in [4.78, 5) is 4.26. The fourth-order valence-electron chi connectivity index (χ4n) is 2.73. The molecule has 1 aliphatic rings. The van der Waals surface area contributed by atoms with Crippen LogP contribution in [-0.2, 0) is 5.72 Å². The molecule has 1 aromatic heterocycles. The van der Waals surface area contributed by atoms with Gasteiger partial charge in [-0.25, -0.2) is 0 Å². The second kappa shape index (κ2) is 7.36. The zero-order valence-electron chi connectivity index (χ0n) is 14.5. The second-order valence-electron chi connectivity index (χ2n) is 6.11. The van der Waals surface area contributed by atoms with Crippen LogP contribution in [0, 0.1) is 0 Å². The number of aromatic nitrogens is 1. The van der Waals surface area contributed by atoms with Crippen LogP contribution in [0.15, 0.2) is 71.5 Å². The SMILES string of the molecule is COc1ccc(/C=C/CC(C)(O)n2cccc2/C=C2\C=CC=N2)cc1. The average molecular weight is 334 g/mol. The molecule has 1 aliphatic heterocycles. The Bertz CT molecular complexity index is 823. The quantitative estimate of drug-likeness (QED) is 0.858. The Kier molecular flexibility index (Phi) is 5.00. The number of aliphatic hydroxyl groups is 1. The molecule has 2 aromatic rings. The molecule has 0 aliphatic carbocycles. The Balaban J connectivity index is 1.72. The van der Waals surface area contributed by atoms with Crippen LogP contribution < -0.4 is 4.74 Å². The molecule has 1 aromatic carbocycles. The molecular formula is C21H22N2O2. The minimum absolute atomic E-state index is 0.489. The van der Waals surface area contributed by atoms with Crippen molar-refractivity contribution in [1.29, 1.82) is 0 Å². The van der Waals surface area contributed by atoms with Crippen LogP contribution in [0.4, 0.5) is 0 Å². The number of benzene rings is 1. The number of aliphatic imine (C=N–C) groups is 1. The zero-order chi connectivity index (χ0) is 17.7. The summed E-state index contributed by atoms with van der Waals surface area (Å²) in [5, 5.41) is 10.9. The minimum atomic E-state index is -1.02. The number of hydrogen-bond donors (Lipinski definition) is 1. The van der Waals surface area contributed by atoms with Gasteiger partial charge in [-0.05, 0) is 55.0 Å². The molecule has 1 unspecified atom stereocenters. The number of hydrogen-bond acceptors (Lipinski definition) is 3. The Hall–Kier alpha value is -2.85. The van der Waals surface area contributed by atoms with Crippen LogP contribution in [0.25, 0.3) is 12.2 Å². The smallest absolute Gasteiger partial charge is 0.142 e. The van der Waals surface area contributed by atoms with Gasteiger partial charge in [-0.2, -0.15) is 0 Å². The van der Waals surface area contributed by atoms with E-state index in [1.165, 1.54) is 0 Å². The van der Waals surface area contributed by atoms with Crippen molar-refractivity contribution in [3.63, 3.8) is 0 Å². The van der Waals surface area contributed by atoms with Crippen LogP contribution in [0.2, 0.25) is 0 Å². The number of methoxy groups -OCH3 is 1. The molecular weight excluding hydrogens is 312 g/mol. The highest BCUT2D eigenvalue weighted by atomic mass is 16.5. The lowest BCUT2D eigenvalue weighted by Gasteiger charge is -2.26. The molecule has 0 saturated heterocycles. The topological polar surface area (TPSA) is 46.8 Å². The molecule has 25 heavy (non-hydrogen) atoms. The van der Waals surface area contributed by atoms with Crippen molar-refractivity contribution in [2.45, 2.75) is 19.1 Å².